The fraction of sp³-hybridized carbons (Fsp3) is 0.562. The van der Waals surface area contributed by atoms with E-state index in [0.717, 1.165) is 18.8 Å². The van der Waals surface area contributed by atoms with Gasteiger partial charge in [0.05, 0.1) is 5.56 Å². The molecule has 1 rings (SSSR count). The van der Waals surface area contributed by atoms with Crippen molar-refractivity contribution >= 4 is 17.3 Å². The van der Waals surface area contributed by atoms with E-state index >= 15 is 0 Å². The predicted molar refractivity (Wildman–Crippen MR) is 89.7 cm³/mol. The zero-order valence-corrected chi connectivity index (χ0v) is 14.0. The van der Waals surface area contributed by atoms with Gasteiger partial charge in [0.2, 0.25) is 0 Å². The summed E-state index contributed by atoms with van der Waals surface area (Å²) in [5.74, 6) is -0.0251. The number of hydrogen-bond donors (Lipinski definition) is 2. The van der Waals surface area contributed by atoms with Crippen molar-refractivity contribution in [2.24, 2.45) is 5.41 Å². The van der Waals surface area contributed by atoms with Crippen molar-refractivity contribution in [3.8, 4) is 0 Å². The van der Waals surface area contributed by atoms with Gasteiger partial charge >= 0.3 is 0 Å². The van der Waals surface area contributed by atoms with Crippen molar-refractivity contribution in [3.63, 3.8) is 0 Å². The quantitative estimate of drug-likeness (QED) is 0.787. The molecule has 5 nitrogen and oxygen atoms in total. The van der Waals surface area contributed by atoms with Crippen molar-refractivity contribution in [1.82, 2.24) is 9.80 Å². The molecule has 0 atom stereocenters. The Kier molecular flexibility index (Phi) is 5.61. The van der Waals surface area contributed by atoms with Gasteiger partial charge < -0.3 is 20.9 Å². The molecular weight excluding hydrogens is 264 g/mol. The summed E-state index contributed by atoms with van der Waals surface area (Å²) in [7, 11) is 7.61. The molecule has 0 saturated carbocycles. The molecule has 0 bridgehead atoms. The number of benzene rings is 1. The second-order valence-corrected chi connectivity index (χ2v) is 6.76. The van der Waals surface area contributed by atoms with Gasteiger partial charge in [-0.2, -0.15) is 0 Å². The van der Waals surface area contributed by atoms with Crippen LogP contribution >= 0.6 is 0 Å². The minimum atomic E-state index is -0.0251. The van der Waals surface area contributed by atoms with Crippen LogP contribution in [0.2, 0.25) is 0 Å². The summed E-state index contributed by atoms with van der Waals surface area (Å²) in [6, 6.07) is 5.36. The first-order valence-corrected chi connectivity index (χ1v) is 7.12. The molecule has 1 aromatic rings. The Bertz CT molecular complexity index is 495. The number of nitrogens with one attached hydrogen (secondary N) is 1. The maximum absolute atomic E-state index is 12.2. The summed E-state index contributed by atoms with van der Waals surface area (Å²) in [5, 5.41) is 3.38. The van der Waals surface area contributed by atoms with Crippen LogP contribution in [0.3, 0.4) is 0 Å². The summed E-state index contributed by atoms with van der Waals surface area (Å²) in [6.45, 7) is 6.11. The maximum Gasteiger partial charge on any atom is 0.255 e. The largest absolute Gasteiger partial charge is 0.399 e. The Hall–Kier alpha value is -1.75. The standard InChI is InChI=1S/C16H28N4O/c1-16(2,11-19(3)4)10-18-14-9-12(17)7-8-13(14)15(21)20(5)6/h7-9,18H,10-11,17H2,1-6H3. The first-order chi connectivity index (χ1) is 9.62. The molecule has 0 saturated heterocycles. The Morgan fingerprint density at radius 2 is 1.86 bits per heavy atom. The van der Waals surface area contributed by atoms with E-state index in [1.54, 1.807) is 31.1 Å². The molecule has 0 heterocycles. The van der Waals surface area contributed by atoms with E-state index in [4.69, 9.17) is 5.73 Å². The Morgan fingerprint density at radius 1 is 1.24 bits per heavy atom. The highest BCUT2D eigenvalue weighted by atomic mass is 16.2. The van der Waals surface area contributed by atoms with E-state index in [-0.39, 0.29) is 11.3 Å². The summed E-state index contributed by atoms with van der Waals surface area (Å²) in [4.78, 5) is 15.9. The van der Waals surface area contributed by atoms with E-state index in [2.05, 4.69) is 38.2 Å². The fourth-order valence-corrected chi connectivity index (χ4v) is 2.38. The molecule has 0 aliphatic rings. The Morgan fingerprint density at radius 3 is 2.38 bits per heavy atom. The lowest BCUT2D eigenvalue weighted by Crippen LogP contribution is -2.34. The molecule has 0 fully saturated rings. The molecule has 118 valence electrons. The van der Waals surface area contributed by atoms with Gasteiger partial charge in [-0.1, -0.05) is 13.8 Å². The topological polar surface area (TPSA) is 61.6 Å². The Balaban J connectivity index is 2.92. The number of hydrogen-bond acceptors (Lipinski definition) is 4. The number of rotatable bonds is 6. The lowest BCUT2D eigenvalue weighted by Gasteiger charge is -2.29. The minimum Gasteiger partial charge on any atom is -0.399 e. The molecule has 0 aliphatic heterocycles. The maximum atomic E-state index is 12.2. The number of carbonyl (C=O) groups is 1. The number of nitrogens with zero attached hydrogens (tertiary/aromatic N) is 2. The second-order valence-electron chi connectivity index (χ2n) is 6.76. The van der Waals surface area contributed by atoms with Crippen LogP contribution < -0.4 is 11.1 Å². The van der Waals surface area contributed by atoms with E-state index in [9.17, 15) is 4.79 Å². The van der Waals surface area contributed by atoms with Crippen LogP contribution in [0.1, 0.15) is 24.2 Å². The minimum absolute atomic E-state index is 0.0251. The van der Waals surface area contributed by atoms with Gasteiger partial charge in [0.25, 0.3) is 5.91 Å². The summed E-state index contributed by atoms with van der Waals surface area (Å²) in [6.07, 6.45) is 0. The average Bonchev–Trinajstić information content (AvgIpc) is 2.34. The third kappa shape index (κ3) is 5.27. The monoisotopic (exact) mass is 292 g/mol. The summed E-state index contributed by atoms with van der Waals surface area (Å²) in [5.41, 5.74) is 8.03. The molecule has 3 N–H and O–H groups in total. The van der Waals surface area contributed by atoms with Gasteiger partial charge in [-0.05, 0) is 37.7 Å². The van der Waals surface area contributed by atoms with E-state index < -0.39 is 0 Å². The van der Waals surface area contributed by atoms with Gasteiger partial charge in [0, 0.05) is 38.6 Å². The smallest absolute Gasteiger partial charge is 0.255 e. The van der Waals surface area contributed by atoms with Crippen molar-refractivity contribution in [3.05, 3.63) is 23.8 Å². The summed E-state index contributed by atoms with van der Waals surface area (Å²) < 4.78 is 0. The molecule has 21 heavy (non-hydrogen) atoms. The number of amides is 1. The van der Waals surface area contributed by atoms with Gasteiger partial charge in [0.15, 0.2) is 0 Å². The number of carbonyl (C=O) groups excluding carboxylic acids is 1. The number of nitrogens with two attached hydrogens (primary N) is 1. The van der Waals surface area contributed by atoms with E-state index in [1.807, 2.05) is 6.07 Å². The first kappa shape index (κ1) is 17.3. The van der Waals surface area contributed by atoms with Crippen LogP contribution in [0.5, 0.6) is 0 Å². The van der Waals surface area contributed by atoms with Crippen LogP contribution in [0, 0.1) is 5.41 Å². The second kappa shape index (κ2) is 6.80. The molecule has 5 heteroatoms. The first-order valence-electron chi connectivity index (χ1n) is 7.12. The van der Waals surface area contributed by atoms with E-state index in [1.165, 1.54) is 0 Å². The molecular formula is C16H28N4O. The average molecular weight is 292 g/mol. The Labute approximate surface area is 128 Å². The predicted octanol–water partition coefficient (Wildman–Crippen LogP) is 1.97. The molecule has 0 aliphatic carbocycles. The van der Waals surface area contributed by atoms with Crippen molar-refractivity contribution in [1.29, 1.82) is 0 Å². The van der Waals surface area contributed by atoms with Crippen molar-refractivity contribution < 1.29 is 4.79 Å². The number of anilines is 2. The lowest BCUT2D eigenvalue weighted by atomic mass is 9.92. The third-order valence-corrected chi connectivity index (χ3v) is 3.18. The zero-order chi connectivity index (χ0) is 16.2. The van der Waals surface area contributed by atoms with E-state index in [0.29, 0.717) is 11.3 Å². The molecule has 0 unspecified atom stereocenters. The van der Waals surface area contributed by atoms with Crippen molar-refractivity contribution in [2.75, 3.05) is 52.3 Å². The third-order valence-electron chi connectivity index (χ3n) is 3.18. The summed E-state index contributed by atoms with van der Waals surface area (Å²) >= 11 is 0. The molecule has 1 aromatic carbocycles. The van der Waals surface area contributed by atoms with Crippen LogP contribution in [0.15, 0.2) is 18.2 Å². The lowest BCUT2D eigenvalue weighted by molar-refractivity contribution is 0.0828. The highest BCUT2D eigenvalue weighted by Gasteiger charge is 2.20. The van der Waals surface area contributed by atoms with Gasteiger partial charge in [0.1, 0.15) is 0 Å². The molecule has 0 radical (unpaired) electrons. The SMILES string of the molecule is CN(C)CC(C)(C)CNc1cc(N)ccc1C(=O)N(C)C. The number of nitrogen functional groups attached to an aromatic ring is 1. The molecule has 0 aromatic heterocycles. The molecule has 1 amide bonds. The van der Waals surface area contributed by atoms with Crippen LogP contribution in [-0.2, 0) is 0 Å². The fourth-order valence-electron chi connectivity index (χ4n) is 2.38. The van der Waals surface area contributed by atoms with Crippen LogP contribution in [0.4, 0.5) is 11.4 Å². The highest BCUT2D eigenvalue weighted by molar-refractivity contribution is 6.00. The van der Waals surface area contributed by atoms with Gasteiger partial charge in [-0.3, -0.25) is 4.79 Å². The zero-order valence-electron chi connectivity index (χ0n) is 14.0. The van der Waals surface area contributed by atoms with Crippen molar-refractivity contribution in [2.45, 2.75) is 13.8 Å². The van der Waals surface area contributed by atoms with Crippen LogP contribution in [-0.4, -0.2) is 57.0 Å². The van der Waals surface area contributed by atoms with Gasteiger partial charge in [-0.15, -0.1) is 0 Å². The normalized spacial score (nSPS) is 11.6. The highest BCUT2D eigenvalue weighted by Crippen LogP contribution is 2.23. The van der Waals surface area contributed by atoms with Gasteiger partial charge in [-0.25, -0.2) is 0 Å². The molecule has 0 spiro atoms. The van der Waals surface area contributed by atoms with Crippen LogP contribution in [0.25, 0.3) is 0 Å².